The van der Waals surface area contributed by atoms with Crippen LogP contribution in [0.25, 0.3) is 22.2 Å². The van der Waals surface area contributed by atoms with Gasteiger partial charge in [0, 0.05) is 21.0 Å². The normalized spacial score (nSPS) is 10.2. The van der Waals surface area contributed by atoms with E-state index in [0.29, 0.717) is 23.2 Å². The third-order valence-corrected chi connectivity index (χ3v) is 3.94. The molecule has 0 saturated carbocycles. The first kappa shape index (κ1) is 19.6. The van der Waals surface area contributed by atoms with E-state index in [1.165, 1.54) is 0 Å². The number of halogens is 1. The Morgan fingerprint density at radius 3 is 2.50 bits per heavy atom. The van der Waals surface area contributed by atoms with E-state index in [-0.39, 0.29) is 56.9 Å². The van der Waals surface area contributed by atoms with Crippen molar-refractivity contribution in [1.82, 2.24) is 4.98 Å². The zero-order chi connectivity index (χ0) is 16.4. The minimum absolute atomic E-state index is 0. The Kier molecular flexibility index (Phi) is 6.97. The molecule has 0 aliphatic carbocycles. The molecule has 6 heteroatoms. The van der Waals surface area contributed by atoms with E-state index in [1.807, 2.05) is 37.3 Å². The van der Waals surface area contributed by atoms with Gasteiger partial charge in [-0.2, -0.15) is 0 Å². The van der Waals surface area contributed by atoms with Gasteiger partial charge in [-0.15, -0.1) is 0 Å². The second kappa shape index (κ2) is 8.56. The molecule has 4 nitrogen and oxygen atoms in total. The second-order valence-corrected chi connectivity index (χ2v) is 5.88. The topological polar surface area (TPSA) is 62.2 Å². The molecule has 0 fully saturated rings. The molecule has 0 bridgehead atoms. The summed E-state index contributed by atoms with van der Waals surface area (Å²) in [5, 5.41) is 12.0. The fraction of sp³-hybridized carbons (Fsp3) is 0.111. The van der Waals surface area contributed by atoms with Gasteiger partial charge >= 0.3 is 51.4 Å². The van der Waals surface area contributed by atoms with Crippen LogP contribution >= 0.6 is 15.9 Å². The minimum Gasteiger partial charge on any atom is -0.545 e. The van der Waals surface area contributed by atoms with Crippen LogP contribution in [0.15, 0.2) is 53.0 Å². The van der Waals surface area contributed by atoms with E-state index in [2.05, 4.69) is 20.9 Å². The number of carbonyl (C=O) groups is 1. The number of ether oxygens (including phenoxy) is 1. The predicted octanol–water partition coefficient (Wildman–Crippen LogP) is 0.430. The number of hydrogen-bond donors (Lipinski definition) is 0. The monoisotopic (exact) mass is 409 g/mol. The van der Waals surface area contributed by atoms with Gasteiger partial charge in [-0.05, 0) is 55.5 Å². The molecular formula is C18H13BrKNO3. The molecule has 2 aromatic carbocycles. The van der Waals surface area contributed by atoms with Gasteiger partial charge < -0.3 is 14.6 Å². The first-order valence-electron chi connectivity index (χ1n) is 7.13. The molecule has 3 rings (SSSR count). The summed E-state index contributed by atoms with van der Waals surface area (Å²) in [5.41, 5.74) is 2.14. The van der Waals surface area contributed by atoms with Crippen molar-refractivity contribution in [2.45, 2.75) is 6.92 Å². The van der Waals surface area contributed by atoms with Gasteiger partial charge in [0.2, 0.25) is 0 Å². The van der Waals surface area contributed by atoms with E-state index in [0.717, 1.165) is 15.8 Å². The Morgan fingerprint density at radius 1 is 1.17 bits per heavy atom. The maximum absolute atomic E-state index is 11.5. The Morgan fingerprint density at radius 2 is 1.88 bits per heavy atom. The Bertz CT molecular complexity index is 881. The Hall–Kier alpha value is -0.764. The van der Waals surface area contributed by atoms with Crippen LogP contribution < -0.4 is 61.2 Å². The van der Waals surface area contributed by atoms with Crippen molar-refractivity contribution in [3.8, 4) is 17.0 Å². The number of carbonyl (C=O) groups excluding carboxylic acids is 1. The number of nitrogens with zero attached hydrogens (tertiary/aromatic N) is 1. The summed E-state index contributed by atoms with van der Waals surface area (Å²) in [6.45, 7) is 2.51. The number of rotatable bonds is 4. The van der Waals surface area contributed by atoms with Gasteiger partial charge in [0.05, 0.1) is 23.8 Å². The molecule has 0 saturated heterocycles. The van der Waals surface area contributed by atoms with Gasteiger partial charge in [0.1, 0.15) is 5.75 Å². The largest absolute Gasteiger partial charge is 1.00 e. The molecule has 0 aliphatic rings. The Labute approximate surface area is 190 Å². The zero-order valence-electron chi connectivity index (χ0n) is 13.4. The standard InChI is InChI=1S/C18H14BrNO3.K/c1-2-23-13-6-3-11(4-7-13)17-10-15(18(21)22)14-9-12(19)5-8-16(14)20-17;/h3-10H,2H2,1H3,(H,21,22);/q;+1/p-1. The first-order chi connectivity index (χ1) is 11.1. The van der Waals surface area contributed by atoms with Crippen LogP contribution in [0.2, 0.25) is 0 Å². The molecular weight excluding hydrogens is 397 g/mol. The smallest absolute Gasteiger partial charge is 0.545 e. The van der Waals surface area contributed by atoms with Crippen LogP contribution in [0.3, 0.4) is 0 Å². The first-order valence-corrected chi connectivity index (χ1v) is 7.92. The summed E-state index contributed by atoms with van der Waals surface area (Å²) >= 11 is 3.35. The quantitative estimate of drug-likeness (QED) is 0.586. The molecule has 0 spiro atoms. The van der Waals surface area contributed by atoms with Crippen molar-refractivity contribution in [3.05, 3.63) is 58.6 Å². The van der Waals surface area contributed by atoms with Crippen LogP contribution in [0.1, 0.15) is 17.3 Å². The van der Waals surface area contributed by atoms with Crippen molar-refractivity contribution in [3.63, 3.8) is 0 Å². The molecule has 0 unspecified atom stereocenters. The molecule has 24 heavy (non-hydrogen) atoms. The van der Waals surface area contributed by atoms with Gasteiger partial charge in [-0.3, -0.25) is 0 Å². The summed E-state index contributed by atoms with van der Waals surface area (Å²) in [5.74, 6) is -0.455. The van der Waals surface area contributed by atoms with Gasteiger partial charge in [-0.25, -0.2) is 4.98 Å². The number of fused-ring (bicyclic) bond motifs is 1. The SMILES string of the molecule is CCOc1ccc(-c2cc(C(=O)[O-])c3cc(Br)ccc3n2)cc1.[K+]. The average molecular weight is 410 g/mol. The number of carboxylic acid groups (broad SMARTS) is 1. The molecule has 0 atom stereocenters. The number of hydrogen-bond acceptors (Lipinski definition) is 4. The summed E-state index contributed by atoms with van der Waals surface area (Å²) in [6, 6.07) is 14.3. The maximum atomic E-state index is 11.5. The molecule has 1 heterocycles. The van der Waals surface area contributed by atoms with Crippen molar-refractivity contribution in [2.24, 2.45) is 0 Å². The van der Waals surface area contributed by atoms with Crippen LogP contribution in [0, 0.1) is 0 Å². The third kappa shape index (κ3) is 4.25. The fourth-order valence-corrected chi connectivity index (χ4v) is 2.76. The van der Waals surface area contributed by atoms with E-state index >= 15 is 0 Å². The van der Waals surface area contributed by atoms with Crippen molar-refractivity contribution in [1.29, 1.82) is 0 Å². The molecule has 0 radical (unpaired) electrons. The van der Waals surface area contributed by atoms with E-state index < -0.39 is 5.97 Å². The summed E-state index contributed by atoms with van der Waals surface area (Å²) in [7, 11) is 0. The second-order valence-electron chi connectivity index (χ2n) is 4.96. The van der Waals surface area contributed by atoms with Gasteiger partial charge in [0.25, 0.3) is 0 Å². The van der Waals surface area contributed by atoms with Crippen LogP contribution in [0.4, 0.5) is 0 Å². The Balaban J connectivity index is 0.00000208. The van der Waals surface area contributed by atoms with Gasteiger partial charge in [-0.1, -0.05) is 15.9 Å². The van der Waals surface area contributed by atoms with Crippen LogP contribution in [0.5, 0.6) is 5.75 Å². The summed E-state index contributed by atoms with van der Waals surface area (Å²) in [4.78, 5) is 16.0. The number of aromatic carboxylic acids is 1. The molecule has 0 amide bonds. The van der Waals surface area contributed by atoms with Crippen LogP contribution in [-0.4, -0.2) is 17.6 Å². The predicted molar refractivity (Wildman–Crippen MR) is 90.4 cm³/mol. The van der Waals surface area contributed by atoms with Gasteiger partial charge in [0.15, 0.2) is 0 Å². The minimum atomic E-state index is -1.22. The maximum Gasteiger partial charge on any atom is 1.00 e. The van der Waals surface area contributed by atoms with E-state index in [1.54, 1.807) is 18.2 Å². The molecule has 1 aromatic heterocycles. The average Bonchev–Trinajstić information content (AvgIpc) is 2.55. The molecule has 3 aromatic rings. The summed E-state index contributed by atoms with van der Waals surface area (Å²) < 4.78 is 6.21. The third-order valence-electron chi connectivity index (χ3n) is 3.45. The van der Waals surface area contributed by atoms with Crippen molar-refractivity contribution in [2.75, 3.05) is 6.61 Å². The van der Waals surface area contributed by atoms with E-state index in [9.17, 15) is 9.90 Å². The van der Waals surface area contributed by atoms with Crippen molar-refractivity contribution >= 4 is 32.8 Å². The number of benzene rings is 2. The van der Waals surface area contributed by atoms with Crippen molar-refractivity contribution < 1.29 is 66.0 Å². The molecule has 116 valence electrons. The zero-order valence-corrected chi connectivity index (χ0v) is 18.1. The number of pyridine rings is 1. The fourth-order valence-electron chi connectivity index (χ4n) is 2.40. The van der Waals surface area contributed by atoms with Crippen LogP contribution in [-0.2, 0) is 0 Å². The summed E-state index contributed by atoms with van der Waals surface area (Å²) in [6.07, 6.45) is 0. The molecule has 0 aliphatic heterocycles. The number of aromatic nitrogens is 1. The molecule has 0 N–H and O–H groups in total. The number of carboxylic acids is 1. The van der Waals surface area contributed by atoms with E-state index in [4.69, 9.17) is 4.74 Å².